The Labute approximate surface area is 119 Å². The number of hydrogen-bond acceptors (Lipinski definition) is 2. The highest BCUT2D eigenvalue weighted by Crippen LogP contribution is 2.35. The SMILES string of the molecule is CC1(C)CCC(NC(=O)c2cc(Cl)ccc2N)CC1. The van der Waals surface area contributed by atoms with Crippen LogP contribution in [0.3, 0.4) is 0 Å². The van der Waals surface area contributed by atoms with E-state index in [1.54, 1.807) is 18.2 Å². The number of carbonyl (C=O) groups is 1. The van der Waals surface area contributed by atoms with E-state index in [1.807, 2.05) is 0 Å². The van der Waals surface area contributed by atoms with Crippen LogP contribution in [0.4, 0.5) is 5.69 Å². The molecule has 1 aliphatic rings. The van der Waals surface area contributed by atoms with E-state index in [-0.39, 0.29) is 11.9 Å². The summed E-state index contributed by atoms with van der Waals surface area (Å²) in [6, 6.07) is 5.23. The molecule has 1 aliphatic carbocycles. The average molecular weight is 281 g/mol. The van der Waals surface area contributed by atoms with Crippen LogP contribution in [-0.4, -0.2) is 11.9 Å². The lowest BCUT2D eigenvalue weighted by Crippen LogP contribution is -2.39. The zero-order chi connectivity index (χ0) is 14.0. The topological polar surface area (TPSA) is 55.1 Å². The van der Waals surface area contributed by atoms with Gasteiger partial charge in [0.05, 0.1) is 5.56 Å². The summed E-state index contributed by atoms with van der Waals surface area (Å²) in [4.78, 5) is 12.2. The van der Waals surface area contributed by atoms with Gasteiger partial charge in [-0.3, -0.25) is 4.79 Å². The van der Waals surface area contributed by atoms with Gasteiger partial charge in [-0.05, 0) is 49.3 Å². The normalized spacial score (nSPS) is 19.1. The minimum absolute atomic E-state index is 0.121. The predicted molar refractivity (Wildman–Crippen MR) is 79.4 cm³/mol. The van der Waals surface area contributed by atoms with E-state index in [0.29, 0.717) is 21.7 Å². The molecular formula is C15H21ClN2O. The molecule has 1 saturated carbocycles. The van der Waals surface area contributed by atoms with E-state index >= 15 is 0 Å². The molecule has 3 nitrogen and oxygen atoms in total. The summed E-state index contributed by atoms with van der Waals surface area (Å²) in [5, 5.41) is 3.59. The number of carbonyl (C=O) groups excluding carboxylic acids is 1. The maximum Gasteiger partial charge on any atom is 0.253 e. The smallest absolute Gasteiger partial charge is 0.253 e. The van der Waals surface area contributed by atoms with Crippen molar-refractivity contribution in [3.05, 3.63) is 28.8 Å². The van der Waals surface area contributed by atoms with Gasteiger partial charge in [0.25, 0.3) is 5.91 Å². The molecular weight excluding hydrogens is 260 g/mol. The lowest BCUT2D eigenvalue weighted by atomic mass is 9.75. The monoisotopic (exact) mass is 280 g/mol. The highest BCUT2D eigenvalue weighted by atomic mass is 35.5. The highest BCUT2D eigenvalue weighted by Gasteiger charge is 2.27. The van der Waals surface area contributed by atoms with Crippen LogP contribution < -0.4 is 11.1 Å². The first kappa shape index (κ1) is 14.2. The first-order valence-corrected chi connectivity index (χ1v) is 7.11. The first-order valence-electron chi connectivity index (χ1n) is 6.73. The third kappa shape index (κ3) is 3.63. The molecule has 0 heterocycles. The molecule has 1 aromatic carbocycles. The van der Waals surface area contributed by atoms with Crippen molar-refractivity contribution in [2.45, 2.75) is 45.6 Å². The summed E-state index contributed by atoms with van der Waals surface area (Å²) in [5.74, 6) is -0.121. The van der Waals surface area contributed by atoms with E-state index in [4.69, 9.17) is 17.3 Å². The zero-order valence-corrected chi connectivity index (χ0v) is 12.3. The lowest BCUT2D eigenvalue weighted by Gasteiger charge is -2.34. The Morgan fingerprint density at radius 1 is 1.37 bits per heavy atom. The van der Waals surface area contributed by atoms with Gasteiger partial charge in [0.2, 0.25) is 0 Å². The van der Waals surface area contributed by atoms with E-state index in [2.05, 4.69) is 19.2 Å². The van der Waals surface area contributed by atoms with Gasteiger partial charge in [-0.15, -0.1) is 0 Å². The fourth-order valence-corrected chi connectivity index (χ4v) is 2.70. The Balaban J connectivity index is 2.00. The largest absolute Gasteiger partial charge is 0.398 e. The number of rotatable bonds is 2. The second kappa shape index (κ2) is 5.41. The van der Waals surface area contributed by atoms with Crippen LogP contribution in [0.2, 0.25) is 5.02 Å². The molecule has 0 saturated heterocycles. The molecule has 3 N–H and O–H groups in total. The summed E-state index contributed by atoms with van der Waals surface area (Å²) in [6.07, 6.45) is 4.34. The van der Waals surface area contributed by atoms with Crippen molar-refractivity contribution in [3.8, 4) is 0 Å². The highest BCUT2D eigenvalue weighted by molar-refractivity contribution is 6.31. The second-order valence-electron chi connectivity index (χ2n) is 6.14. The van der Waals surface area contributed by atoms with Crippen molar-refractivity contribution < 1.29 is 4.79 Å². The van der Waals surface area contributed by atoms with Crippen LogP contribution >= 0.6 is 11.6 Å². The quantitative estimate of drug-likeness (QED) is 0.813. The Bertz CT molecular complexity index is 475. The number of amides is 1. The number of nitrogens with two attached hydrogens (primary N) is 1. The van der Waals surface area contributed by atoms with Crippen molar-refractivity contribution >= 4 is 23.2 Å². The Kier molecular flexibility index (Phi) is 4.04. The van der Waals surface area contributed by atoms with E-state index in [0.717, 1.165) is 25.7 Å². The van der Waals surface area contributed by atoms with Gasteiger partial charge < -0.3 is 11.1 Å². The number of hydrogen-bond donors (Lipinski definition) is 2. The average Bonchev–Trinajstić information content (AvgIpc) is 2.35. The van der Waals surface area contributed by atoms with Gasteiger partial charge in [0, 0.05) is 16.8 Å². The Morgan fingerprint density at radius 2 is 2.00 bits per heavy atom. The molecule has 0 aromatic heterocycles. The summed E-state index contributed by atoms with van der Waals surface area (Å²) < 4.78 is 0. The first-order chi connectivity index (χ1) is 8.87. The second-order valence-corrected chi connectivity index (χ2v) is 6.58. The van der Waals surface area contributed by atoms with Crippen molar-refractivity contribution in [2.75, 3.05) is 5.73 Å². The number of nitrogens with one attached hydrogen (secondary N) is 1. The van der Waals surface area contributed by atoms with Crippen LogP contribution in [0.25, 0.3) is 0 Å². The molecule has 0 bridgehead atoms. The number of halogens is 1. The molecule has 104 valence electrons. The molecule has 0 aliphatic heterocycles. The van der Waals surface area contributed by atoms with Gasteiger partial charge in [-0.1, -0.05) is 25.4 Å². The fourth-order valence-electron chi connectivity index (χ4n) is 2.53. The van der Waals surface area contributed by atoms with E-state index < -0.39 is 0 Å². The van der Waals surface area contributed by atoms with Crippen molar-refractivity contribution in [1.82, 2.24) is 5.32 Å². The van der Waals surface area contributed by atoms with Gasteiger partial charge >= 0.3 is 0 Å². The third-order valence-electron chi connectivity index (χ3n) is 3.93. The summed E-state index contributed by atoms with van der Waals surface area (Å²) in [6.45, 7) is 4.56. The molecule has 0 radical (unpaired) electrons. The molecule has 0 atom stereocenters. The Morgan fingerprint density at radius 3 is 2.63 bits per heavy atom. The van der Waals surface area contributed by atoms with Gasteiger partial charge in [0.15, 0.2) is 0 Å². The molecule has 1 fully saturated rings. The lowest BCUT2D eigenvalue weighted by molar-refractivity contribution is 0.0910. The van der Waals surface area contributed by atoms with Gasteiger partial charge in [0.1, 0.15) is 0 Å². The molecule has 0 spiro atoms. The number of anilines is 1. The molecule has 2 rings (SSSR count). The Hall–Kier alpha value is -1.22. The predicted octanol–water partition coefficient (Wildman–Crippen LogP) is 3.62. The zero-order valence-electron chi connectivity index (χ0n) is 11.5. The van der Waals surface area contributed by atoms with Crippen LogP contribution in [0.1, 0.15) is 49.9 Å². The van der Waals surface area contributed by atoms with Crippen LogP contribution in [-0.2, 0) is 0 Å². The van der Waals surface area contributed by atoms with Crippen LogP contribution in [0.5, 0.6) is 0 Å². The van der Waals surface area contributed by atoms with Crippen LogP contribution in [0.15, 0.2) is 18.2 Å². The molecule has 19 heavy (non-hydrogen) atoms. The standard InChI is InChI=1S/C15H21ClN2O/c1-15(2)7-5-11(6-8-15)18-14(19)12-9-10(16)3-4-13(12)17/h3-4,9,11H,5-8,17H2,1-2H3,(H,18,19). The molecule has 1 aromatic rings. The summed E-state index contributed by atoms with van der Waals surface area (Å²) >= 11 is 5.91. The van der Waals surface area contributed by atoms with Gasteiger partial charge in [-0.25, -0.2) is 0 Å². The van der Waals surface area contributed by atoms with Crippen molar-refractivity contribution in [1.29, 1.82) is 0 Å². The summed E-state index contributed by atoms with van der Waals surface area (Å²) in [5.41, 5.74) is 7.16. The van der Waals surface area contributed by atoms with E-state index in [1.165, 1.54) is 0 Å². The minimum atomic E-state index is -0.121. The number of nitrogen functional groups attached to an aromatic ring is 1. The fraction of sp³-hybridized carbons (Fsp3) is 0.533. The maximum absolute atomic E-state index is 12.2. The van der Waals surface area contributed by atoms with E-state index in [9.17, 15) is 4.79 Å². The molecule has 1 amide bonds. The minimum Gasteiger partial charge on any atom is -0.398 e. The maximum atomic E-state index is 12.2. The third-order valence-corrected chi connectivity index (χ3v) is 4.17. The van der Waals surface area contributed by atoms with Crippen LogP contribution in [0, 0.1) is 5.41 Å². The summed E-state index contributed by atoms with van der Waals surface area (Å²) in [7, 11) is 0. The van der Waals surface area contributed by atoms with Crippen molar-refractivity contribution in [3.63, 3.8) is 0 Å². The van der Waals surface area contributed by atoms with Crippen molar-refractivity contribution in [2.24, 2.45) is 5.41 Å². The van der Waals surface area contributed by atoms with Gasteiger partial charge in [-0.2, -0.15) is 0 Å². The molecule has 0 unspecified atom stereocenters. The molecule has 4 heteroatoms. The number of benzene rings is 1.